The Hall–Kier alpha value is -0.550. The maximum Gasteiger partial charge on any atom is 0.416 e. The molecule has 3 rings (SSSR count). The van der Waals surface area contributed by atoms with Gasteiger partial charge >= 0.3 is 6.18 Å². The number of fused-ring (bicyclic) bond motifs is 2. The molecule has 2 aliphatic carbocycles. The van der Waals surface area contributed by atoms with Crippen molar-refractivity contribution in [2.75, 3.05) is 0 Å². The van der Waals surface area contributed by atoms with E-state index in [4.69, 9.17) is 0 Å². The van der Waals surface area contributed by atoms with Crippen LogP contribution in [-0.2, 0) is 6.18 Å². The Morgan fingerprint density at radius 3 is 2.57 bits per heavy atom. The van der Waals surface area contributed by atoms with Gasteiger partial charge in [0.2, 0.25) is 0 Å². The van der Waals surface area contributed by atoms with Crippen molar-refractivity contribution in [2.24, 2.45) is 17.8 Å². The minimum Gasteiger partial charge on any atom is -0.388 e. The molecule has 2 aliphatic rings. The van der Waals surface area contributed by atoms with Crippen LogP contribution >= 0.6 is 15.9 Å². The van der Waals surface area contributed by atoms with Gasteiger partial charge in [0.25, 0.3) is 0 Å². The van der Waals surface area contributed by atoms with Gasteiger partial charge in [-0.25, -0.2) is 0 Å². The molecular weight excluding hydrogens is 345 g/mol. The van der Waals surface area contributed by atoms with E-state index < -0.39 is 17.8 Å². The highest BCUT2D eigenvalue weighted by atomic mass is 79.9. The van der Waals surface area contributed by atoms with Crippen molar-refractivity contribution in [1.29, 1.82) is 0 Å². The Bertz CT molecular complexity index is 529. The average Bonchev–Trinajstić information content (AvgIpc) is 2.99. The topological polar surface area (TPSA) is 20.2 Å². The van der Waals surface area contributed by atoms with E-state index in [1.165, 1.54) is 25.3 Å². The lowest BCUT2D eigenvalue weighted by Gasteiger charge is -2.25. The van der Waals surface area contributed by atoms with Crippen molar-refractivity contribution in [3.05, 3.63) is 33.8 Å². The fourth-order valence-electron chi connectivity index (χ4n) is 4.14. The molecule has 0 radical (unpaired) electrons. The molecule has 4 unspecified atom stereocenters. The summed E-state index contributed by atoms with van der Waals surface area (Å²) in [6.07, 6.45) is -0.318. The van der Waals surface area contributed by atoms with Crippen LogP contribution in [0.1, 0.15) is 49.3 Å². The molecule has 116 valence electrons. The molecule has 5 heteroatoms. The Labute approximate surface area is 130 Å². The van der Waals surface area contributed by atoms with Crippen molar-refractivity contribution in [2.45, 2.75) is 44.4 Å². The zero-order chi connectivity index (χ0) is 15.2. The maximum absolute atomic E-state index is 13.1. The van der Waals surface area contributed by atoms with Gasteiger partial charge in [0.05, 0.1) is 11.7 Å². The molecule has 0 amide bonds. The van der Waals surface area contributed by atoms with Crippen LogP contribution in [0.25, 0.3) is 0 Å². The fourth-order valence-corrected chi connectivity index (χ4v) is 4.50. The first-order valence-corrected chi connectivity index (χ1v) is 8.18. The summed E-state index contributed by atoms with van der Waals surface area (Å²) < 4.78 is 39.7. The summed E-state index contributed by atoms with van der Waals surface area (Å²) >= 11 is 3.07. The molecule has 0 heterocycles. The zero-order valence-corrected chi connectivity index (χ0v) is 13.1. The molecule has 0 aromatic heterocycles. The molecule has 1 aromatic rings. The van der Waals surface area contributed by atoms with E-state index in [9.17, 15) is 18.3 Å². The summed E-state index contributed by atoms with van der Waals surface area (Å²) in [6.45, 7) is 0. The molecule has 1 N–H and O–H groups in total. The van der Waals surface area contributed by atoms with Crippen molar-refractivity contribution >= 4 is 15.9 Å². The molecule has 2 saturated carbocycles. The molecule has 21 heavy (non-hydrogen) atoms. The third-order valence-corrected chi connectivity index (χ3v) is 5.58. The number of rotatable bonds is 3. The van der Waals surface area contributed by atoms with E-state index in [1.807, 2.05) is 0 Å². The summed E-state index contributed by atoms with van der Waals surface area (Å²) in [5, 5.41) is 10.3. The smallest absolute Gasteiger partial charge is 0.388 e. The van der Waals surface area contributed by atoms with Crippen LogP contribution in [0.4, 0.5) is 13.2 Å². The molecule has 4 atom stereocenters. The fraction of sp³-hybridized carbons (Fsp3) is 0.625. The number of aliphatic hydroxyl groups excluding tert-OH is 1. The van der Waals surface area contributed by atoms with Gasteiger partial charge in [0.15, 0.2) is 0 Å². The summed E-state index contributed by atoms with van der Waals surface area (Å²) in [5.41, 5.74) is -0.721. The van der Waals surface area contributed by atoms with E-state index >= 15 is 0 Å². The predicted molar refractivity (Wildman–Crippen MR) is 77.7 cm³/mol. The van der Waals surface area contributed by atoms with Crippen LogP contribution in [0.5, 0.6) is 0 Å². The Balaban J connectivity index is 1.79. The van der Waals surface area contributed by atoms with Gasteiger partial charge in [-0.1, -0.05) is 28.4 Å². The van der Waals surface area contributed by atoms with Gasteiger partial charge in [0.1, 0.15) is 0 Å². The number of aliphatic hydroxyl groups is 1. The average molecular weight is 363 g/mol. The second-order valence-corrected chi connectivity index (χ2v) is 7.33. The van der Waals surface area contributed by atoms with Crippen LogP contribution in [-0.4, -0.2) is 5.11 Å². The molecule has 1 nitrogen and oxygen atoms in total. The highest BCUT2D eigenvalue weighted by molar-refractivity contribution is 9.10. The third kappa shape index (κ3) is 3.14. The van der Waals surface area contributed by atoms with Gasteiger partial charge in [-0.15, -0.1) is 0 Å². The lowest BCUT2D eigenvalue weighted by atomic mass is 9.83. The minimum atomic E-state index is -4.44. The molecule has 0 saturated heterocycles. The molecular formula is C16H18BrF3O. The van der Waals surface area contributed by atoms with Gasteiger partial charge in [-0.3, -0.25) is 0 Å². The van der Waals surface area contributed by atoms with E-state index in [2.05, 4.69) is 15.9 Å². The number of alkyl halides is 3. The maximum atomic E-state index is 13.1. The highest BCUT2D eigenvalue weighted by Gasteiger charge is 2.41. The summed E-state index contributed by atoms with van der Waals surface area (Å²) in [4.78, 5) is 0. The number of hydrogen-bond acceptors (Lipinski definition) is 1. The van der Waals surface area contributed by atoms with Crippen LogP contribution in [0.15, 0.2) is 22.7 Å². The van der Waals surface area contributed by atoms with E-state index in [1.54, 1.807) is 6.07 Å². The largest absolute Gasteiger partial charge is 0.416 e. The van der Waals surface area contributed by atoms with Gasteiger partial charge in [0, 0.05) is 4.47 Å². The van der Waals surface area contributed by atoms with E-state index in [-0.39, 0.29) is 5.56 Å². The summed E-state index contributed by atoms with van der Waals surface area (Å²) in [6, 6.07) is 4.01. The van der Waals surface area contributed by atoms with Crippen molar-refractivity contribution in [3.8, 4) is 0 Å². The second kappa shape index (κ2) is 5.58. The summed E-state index contributed by atoms with van der Waals surface area (Å²) in [5.74, 6) is 1.72. The lowest BCUT2D eigenvalue weighted by molar-refractivity contribution is -0.139. The number of halogens is 4. The van der Waals surface area contributed by atoms with Crippen LogP contribution < -0.4 is 0 Å². The summed E-state index contributed by atoms with van der Waals surface area (Å²) in [7, 11) is 0. The van der Waals surface area contributed by atoms with Gasteiger partial charge < -0.3 is 5.11 Å². The first-order chi connectivity index (χ1) is 9.84. The molecule has 0 aliphatic heterocycles. The SMILES string of the molecule is OC(CC1CC2CCC1C2)c1ccc(Br)cc1C(F)(F)F. The van der Waals surface area contributed by atoms with E-state index in [0.29, 0.717) is 22.7 Å². The Morgan fingerprint density at radius 2 is 2.00 bits per heavy atom. The first kappa shape index (κ1) is 15.3. The zero-order valence-electron chi connectivity index (χ0n) is 11.5. The van der Waals surface area contributed by atoms with Crippen LogP contribution in [0.2, 0.25) is 0 Å². The first-order valence-electron chi connectivity index (χ1n) is 7.39. The second-order valence-electron chi connectivity index (χ2n) is 6.42. The molecule has 2 bridgehead atoms. The Kier molecular flexibility index (Phi) is 4.08. The Morgan fingerprint density at radius 1 is 1.24 bits per heavy atom. The van der Waals surface area contributed by atoms with Crippen molar-refractivity contribution in [3.63, 3.8) is 0 Å². The lowest BCUT2D eigenvalue weighted by Crippen LogP contribution is -2.17. The van der Waals surface area contributed by atoms with Crippen molar-refractivity contribution in [1.82, 2.24) is 0 Å². The van der Waals surface area contributed by atoms with Gasteiger partial charge in [-0.2, -0.15) is 13.2 Å². The predicted octanol–water partition coefficient (Wildman–Crippen LogP) is 5.33. The minimum absolute atomic E-state index is 0.00785. The monoisotopic (exact) mass is 362 g/mol. The van der Waals surface area contributed by atoms with Crippen molar-refractivity contribution < 1.29 is 18.3 Å². The molecule has 2 fully saturated rings. The van der Waals surface area contributed by atoms with Gasteiger partial charge in [-0.05, 0) is 61.1 Å². The quantitative estimate of drug-likeness (QED) is 0.770. The molecule has 1 aromatic carbocycles. The number of hydrogen-bond donors (Lipinski definition) is 1. The van der Waals surface area contributed by atoms with Crippen LogP contribution in [0, 0.1) is 17.8 Å². The molecule has 0 spiro atoms. The third-order valence-electron chi connectivity index (χ3n) is 5.09. The number of benzene rings is 1. The normalized spacial score (nSPS) is 29.9. The standard InChI is InChI=1S/C16H18BrF3O/c17-12-3-4-13(14(8-12)16(18,19)20)15(21)7-11-6-9-1-2-10(11)5-9/h3-4,8-11,15,21H,1-2,5-7H2. The van der Waals surface area contributed by atoms with E-state index in [0.717, 1.165) is 18.4 Å². The van der Waals surface area contributed by atoms with Crippen LogP contribution in [0.3, 0.4) is 0 Å². The highest BCUT2D eigenvalue weighted by Crippen LogP contribution is 2.51.